The Morgan fingerprint density at radius 1 is 1.65 bits per heavy atom. The highest BCUT2D eigenvalue weighted by atomic mass is 32.1. The Labute approximate surface area is 156 Å². The van der Waals surface area contributed by atoms with E-state index in [0.29, 0.717) is 24.5 Å². The zero-order chi connectivity index (χ0) is 19.3. The Morgan fingerprint density at radius 3 is 2.92 bits per heavy atom. The maximum Gasteiger partial charge on any atom is 0.322 e. The Balaban J connectivity index is 2.22. The topological polar surface area (TPSA) is 100 Å². The summed E-state index contributed by atoms with van der Waals surface area (Å²) in [7, 11) is 3.22. The van der Waals surface area contributed by atoms with Crippen LogP contribution in [0.4, 0.5) is 0 Å². The molecule has 0 aromatic carbocycles. The molecule has 8 nitrogen and oxygen atoms in total. The summed E-state index contributed by atoms with van der Waals surface area (Å²) in [5, 5.41) is 7.21. The summed E-state index contributed by atoms with van der Waals surface area (Å²) in [5.74, 6) is 3.00. The SMILES string of the molecule is C#CC1=N/[N+](=[SH]/CC2C/C(=C\OC)N(C(=O)C=C)C2)C(NC)=C1C(N)=O. The van der Waals surface area contributed by atoms with Crippen molar-refractivity contribution in [2.75, 3.05) is 26.5 Å². The summed E-state index contributed by atoms with van der Waals surface area (Å²) < 4.78 is 6.68. The van der Waals surface area contributed by atoms with Gasteiger partial charge in [0.25, 0.3) is 5.91 Å². The van der Waals surface area contributed by atoms with Crippen LogP contribution in [0, 0.1) is 18.3 Å². The van der Waals surface area contributed by atoms with Gasteiger partial charge in [0.1, 0.15) is 6.26 Å². The van der Waals surface area contributed by atoms with Crippen molar-refractivity contribution < 1.29 is 18.4 Å². The number of methoxy groups -OCH3 is 1. The van der Waals surface area contributed by atoms with Crippen LogP contribution in [0.15, 0.2) is 41.1 Å². The molecule has 3 N–H and O–H groups in total. The number of likely N-dealkylation sites (tertiary alicyclic amines) is 1. The van der Waals surface area contributed by atoms with Crippen molar-refractivity contribution in [3.8, 4) is 12.3 Å². The largest absolute Gasteiger partial charge is 0.503 e. The second kappa shape index (κ2) is 8.49. The molecule has 2 aliphatic heterocycles. The van der Waals surface area contributed by atoms with Crippen molar-refractivity contribution in [2.24, 2.45) is 16.8 Å². The fourth-order valence-corrected chi connectivity index (χ4v) is 3.94. The van der Waals surface area contributed by atoms with E-state index in [1.807, 2.05) is 0 Å². The van der Waals surface area contributed by atoms with Crippen molar-refractivity contribution in [3.05, 3.63) is 36.0 Å². The Kier molecular flexibility index (Phi) is 6.36. The first-order chi connectivity index (χ1) is 12.5. The third-order valence-electron chi connectivity index (χ3n) is 3.94. The zero-order valence-corrected chi connectivity index (χ0v) is 15.6. The van der Waals surface area contributed by atoms with Gasteiger partial charge in [-0.25, -0.2) is 0 Å². The van der Waals surface area contributed by atoms with Crippen molar-refractivity contribution >= 4 is 29.1 Å². The van der Waals surface area contributed by atoms with E-state index >= 15 is 0 Å². The van der Waals surface area contributed by atoms with Gasteiger partial charge in [0.05, 0.1) is 19.9 Å². The fraction of sp³-hybridized carbons (Fsp3) is 0.353. The average molecular weight is 376 g/mol. The van der Waals surface area contributed by atoms with Crippen molar-refractivity contribution in [1.29, 1.82) is 0 Å². The van der Waals surface area contributed by atoms with E-state index in [4.69, 9.17) is 16.9 Å². The molecule has 0 radical (unpaired) electrons. The molecule has 0 aromatic heterocycles. The molecule has 2 heterocycles. The Hall–Kier alpha value is -2.86. The highest BCUT2D eigenvalue weighted by molar-refractivity contribution is 7.65. The minimum atomic E-state index is -0.627. The molecule has 2 amide bonds. The van der Waals surface area contributed by atoms with Gasteiger partial charge >= 0.3 is 5.82 Å². The van der Waals surface area contributed by atoms with Gasteiger partial charge in [-0.05, 0) is 35.9 Å². The lowest BCUT2D eigenvalue weighted by Crippen LogP contribution is -2.27. The van der Waals surface area contributed by atoms with Gasteiger partial charge in [-0.3, -0.25) is 14.9 Å². The van der Waals surface area contributed by atoms with E-state index in [0.717, 1.165) is 17.3 Å². The van der Waals surface area contributed by atoms with Gasteiger partial charge in [-0.15, -0.1) is 6.42 Å². The van der Waals surface area contributed by atoms with Gasteiger partial charge < -0.3 is 15.4 Å². The van der Waals surface area contributed by atoms with Crippen LogP contribution in [0.2, 0.25) is 0 Å². The van der Waals surface area contributed by atoms with Crippen LogP contribution in [-0.4, -0.2) is 52.9 Å². The Bertz CT molecular complexity index is 804. The molecule has 0 saturated carbocycles. The molecule has 26 heavy (non-hydrogen) atoms. The standard InChI is InChI=1S/C17H21N5O3S/c1-5-13-15(16(18)24)17(19-3)22(20-13)26-10-11-7-12(9-25-4)21(8-11)14(23)6-2/h1,6,9,11,26H,2,7-8,10H2,3-4H3,(H2-,18,19,20,24)/p+1/b12-9+. The number of nitrogens with one attached hydrogen (secondary N) is 1. The van der Waals surface area contributed by atoms with Gasteiger partial charge in [0.15, 0.2) is 11.3 Å². The van der Waals surface area contributed by atoms with E-state index in [2.05, 4.69) is 22.9 Å². The maximum absolute atomic E-state index is 12.0. The summed E-state index contributed by atoms with van der Waals surface area (Å²) in [4.78, 5) is 25.3. The second-order valence-corrected chi connectivity index (χ2v) is 6.64. The maximum atomic E-state index is 12.0. The number of nitrogens with zero attached hydrogens (tertiary/aromatic N) is 3. The first-order valence-electron chi connectivity index (χ1n) is 7.87. The molecular formula is C17H22N5O3S+. The summed E-state index contributed by atoms with van der Waals surface area (Å²) in [6.07, 6.45) is 8.98. The van der Waals surface area contributed by atoms with Crippen LogP contribution in [0.25, 0.3) is 0 Å². The highest BCUT2D eigenvalue weighted by Gasteiger charge is 2.34. The number of amides is 2. The number of hydrogen-bond donors (Lipinski definition) is 3. The van der Waals surface area contributed by atoms with Gasteiger partial charge in [0, 0.05) is 12.3 Å². The minimum Gasteiger partial charge on any atom is -0.503 e. The molecule has 1 atom stereocenters. The molecule has 1 unspecified atom stereocenters. The molecule has 0 bridgehead atoms. The van der Waals surface area contributed by atoms with Crippen molar-refractivity contribution in [2.45, 2.75) is 6.42 Å². The summed E-state index contributed by atoms with van der Waals surface area (Å²) in [5.41, 5.74) is 6.64. The molecule has 0 aliphatic carbocycles. The first-order valence-corrected chi connectivity index (χ1v) is 8.90. The molecule has 1 saturated heterocycles. The van der Waals surface area contributed by atoms with Gasteiger partial charge in [-0.2, -0.15) is 0 Å². The number of carbonyl (C=O) groups excluding carboxylic acids is 2. The normalized spacial score (nSPS) is 22.7. The summed E-state index contributed by atoms with van der Waals surface area (Å²) in [6.45, 7) is 4.10. The van der Waals surface area contributed by atoms with E-state index in [1.54, 1.807) is 29.4 Å². The van der Waals surface area contributed by atoms with E-state index in [9.17, 15) is 9.59 Å². The van der Waals surface area contributed by atoms with E-state index in [1.165, 1.54) is 6.08 Å². The van der Waals surface area contributed by atoms with E-state index in [-0.39, 0.29) is 23.1 Å². The number of hydrazone groups is 1. The molecular weight excluding hydrogens is 354 g/mol. The smallest absolute Gasteiger partial charge is 0.322 e. The number of nitrogens with two attached hydrogens (primary N) is 1. The lowest BCUT2D eigenvalue weighted by atomic mass is 10.1. The number of ether oxygens (including phenoxy) is 1. The monoisotopic (exact) mass is 376 g/mol. The lowest BCUT2D eigenvalue weighted by molar-refractivity contribution is -0.455. The van der Waals surface area contributed by atoms with Gasteiger partial charge in [-0.1, -0.05) is 15.7 Å². The number of primary amides is 1. The zero-order valence-electron chi connectivity index (χ0n) is 14.7. The first kappa shape index (κ1) is 19.5. The number of thiol groups is 1. The predicted octanol–water partition coefficient (Wildman–Crippen LogP) is -0.561. The predicted molar refractivity (Wildman–Crippen MR) is 101 cm³/mol. The van der Waals surface area contributed by atoms with E-state index < -0.39 is 5.91 Å². The molecule has 0 aromatic rings. The van der Waals surface area contributed by atoms with Gasteiger partial charge in [0.2, 0.25) is 5.91 Å². The minimum absolute atomic E-state index is 0.159. The van der Waals surface area contributed by atoms with Crippen molar-refractivity contribution in [1.82, 2.24) is 10.2 Å². The second-order valence-electron chi connectivity index (χ2n) is 5.61. The lowest BCUT2D eigenvalue weighted by Gasteiger charge is -2.15. The van der Waals surface area contributed by atoms with Crippen LogP contribution >= 0.6 is 0 Å². The molecule has 2 rings (SSSR count). The van der Waals surface area contributed by atoms with Crippen LogP contribution in [0.5, 0.6) is 0 Å². The van der Waals surface area contributed by atoms with Crippen LogP contribution < -0.4 is 11.1 Å². The summed E-state index contributed by atoms with van der Waals surface area (Å²) >= 11 is 0.813. The molecule has 0 spiro atoms. The quantitative estimate of drug-likeness (QED) is 0.190. The highest BCUT2D eigenvalue weighted by Crippen LogP contribution is 2.27. The van der Waals surface area contributed by atoms with Crippen LogP contribution in [0.1, 0.15) is 6.42 Å². The molecule has 138 valence electrons. The number of rotatable bonds is 6. The number of hydrogen-bond acceptors (Lipinski definition) is 4. The number of terminal acetylenes is 1. The number of allylic oxidation sites excluding steroid dienone is 1. The van der Waals surface area contributed by atoms with Crippen LogP contribution in [0.3, 0.4) is 0 Å². The van der Waals surface area contributed by atoms with Crippen LogP contribution in [-0.2, 0) is 25.9 Å². The molecule has 2 aliphatic rings. The third-order valence-corrected chi connectivity index (χ3v) is 5.18. The van der Waals surface area contributed by atoms with Crippen molar-refractivity contribution in [3.63, 3.8) is 0 Å². The fourth-order valence-electron chi connectivity index (χ4n) is 2.82. The third kappa shape index (κ3) is 3.86. The molecule has 1 fully saturated rings. The Morgan fingerprint density at radius 2 is 2.38 bits per heavy atom. The average Bonchev–Trinajstić information content (AvgIpc) is 3.20. The number of carbonyl (C=O) groups is 2. The summed E-state index contributed by atoms with van der Waals surface area (Å²) in [6, 6.07) is 0. The molecule has 9 heteroatoms.